The summed E-state index contributed by atoms with van der Waals surface area (Å²) in [6.07, 6.45) is 1.02. The molecule has 0 saturated carbocycles. The van der Waals surface area contributed by atoms with Crippen molar-refractivity contribution in [3.05, 3.63) is 56.7 Å². The van der Waals surface area contributed by atoms with Gasteiger partial charge in [0, 0.05) is 10.8 Å². The highest BCUT2D eigenvalue weighted by Crippen LogP contribution is 2.27. The molecule has 0 bridgehead atoms. The highest BCUT2D eigenvalue weighted by Gasteiger charge is 2.11. The van der Waals surface area contributed by atoms with Crippen molar-refractivity contribution in [3.63, 3.8) is 0 Å². The van der Waals surface area contributed by atoms with Crippen LogP contribution in [0.1, 0.15) is 16.4 Å². The zero-order chi connectivity index (χ0) is 11.4. The van der Waals surface area contributed by atoms with Gasteiger partial charge in [0.15, 0.2) is 0 Å². The third-order valence-electron chi connectivity index (χ3n) is 2.63. The van der Waals surface area contributed by atoms with Crippen LogP contribution in [-0.4, -0.2) is 6.54 Å². The lowest BCUT2D eigenvalue weighted by atomic mass is 9.95. The van der Waals surface area contributed by atoms with Crippen molar-refractivity contribution >= 4 is 27.3 Å². The number of rotatable bonds is 4. The molecule has 0 aliphatic heterocycles. The van der Waals surface area contributed by atoms with E-state index in [1.807, 2.05) is 6.07 Å². The molecule has 1 heterocycles. The Bertz CT molecular complexity index is 438. The Morgan fingerprint density at radius 3 is 2.44 bits per heavy atom. The standard InChI is InChI=1S/C13H14BrNS/c14-13-7-6-12(16-13)8-11(9-15)10-4-2-1-3-5-10/h1-7,11H,8-9,15H2. The van der Waals surface area contributed by atoms with Crippen molar-refractivity contribution in [1.82, 2.24) is 0 Å². The molecule has 0 fully saturated rings. The van der Waals surface area contributed by atoms with Crippen LogP contribution in [0.2, 0.25) is 0 Å². The first-order chi connectivity index (χ1) is 7.79. The molecule has 0 saturated heterocycles. The maximum Gasteiger partial charge on any atom is 0.0701 e. The van der Waals surface area contributed by atoms with Gasteiger partial charge in [0.05, 0.1) is 3.79 Å². The quantitative estimate of drug-likeness (QED) is 0.912. The van der Waals surface area contributed by atoms with Crippen molar-refractivity contribution in [2.45, 2.75) is 12.3 Å². The van der Waals surface area contributed by atoms with Crippen molar-refractivity contribution < 1.29 is 0 Å². The first-order valence-corrected chi connectivity index (χ1v) is 6.90. The van der Waals surface area contributed by atoms with E-state index in [0.29, 0.717) is 12.5 Å². The summed E-state index contributed by atoms with van der Waals surface area (Å²) in [6, 6.07) is 14.8. The molecule has 0 spiro atoms. The van der Waals surface area contributed by atoms with E-state index in [1.54, 1.807) is 11.3 Å². The molecule has 1 aromatic carbocycles. The maximum atomic E-state index is 5.85. The number of nitrogens with two attached hydrogens (primary N) is 1. The minimum atomic E-state index is 0.423. The molecular formula is C13H14BrNS. The fourth-order valence-corrected chi connectivity index (χ4v) is 3.33. The van der Waals surface area contributed by atoms with Gasteiger partial charge < -0.3 is 5.73 Å². The largest absolute Gasteiger partial charge is 0.330 e. The summed E-state index contributed by atoms with van der Waals surface area (Å²) in [5.41, 5.74) is 7.18. The molecular weight excluding hydrogens is 282 g/mol. The molecule has 2 rings (SSSR count). The topological polar surface area (TPSA) is 26.0 Å². The monoisotopic (exact) mass is 295 g/mol. The van der Waals surface area contributed by atoms with Crippen LogP contribution in [0.25, 0.3) is 0 Å². The third kappa shape index (κ3) is 2.94. The van der Waals surface area contributed by atoms with Gasteiger partial charge in [0.1, 0.15) is 0 Å². The van der Waals surface area contributed by atoms with Crippen LogP contribution in [0.4, 0.5) is 0 Å². The number of hydrogen-bond donors (Lipinski definition) is 1. The molecule has 0 radical (unpaired) electrons. The lowest BCUT2D eigenvalue weighted by Crippen LogP contribution is -2.14. The van der Waals surface area contributed by atoms with Gasteiger partial charge in [-0.05, 0) is 46.6 Å². The maximum absolute atomic E-state index is 5.85. The predicted octanol–water partition coefficient (Wildman–Crippen LogP) is 3.80. The summed E-state index contributed by atoms with van der Waals surface area (Å²) >= 11 is 5.27. The number of benzene rings is 1. The van der Waals surface area contributed by atoms with Crippen LogP contribution < -0.4 is 5.73 Å². The molecule has 0 aliphatic carbocycles. The van der Waals surface area contributed by atoms with E-state index >= 15 is 0 Å². The van der Waals surface area contributed by atoms with E-state index in [-0.39, 0.29) is 0 Å². The lowest BCUT2D eigenvalue weighted by Gasteiger charge is -2.13. The summed E-state index contributed by atoms with van der Waals surface area (Å²) < 4.78 is 1.19. The highest BCUT2D eigenvalue weighted by atomic mass is 79.9. The number of hydrogen-bond acceptors (Lipinski definition) is 2. The zero-order valence-electron chi connectivity index (χ0n) is 8.90. The van der Waals surface area contributed by atoms with Crippen molar-refractivity contribution in [2.24, 2.45) is 5.73 Å². The zero-order valence-corrected chi connectivity index (χ0v) is 11.3. The van der Waals surface area contributed by atoms with Crippen molar-refractivity contribution in [3.8, 4) is 0 Å². The van der Waals surface area contributed by atoms with Gasteiger partial charge in [-0.2, -0.15) is 0 Å². The molecule has 16 heavy (non-hydrogen) atoms. The van der Waals surface area contributed by atoms with Gasteiger partial charge in [0.2, 0.25) is 0 Å². The third-order valence-corrected chi connectivity index (χ3v) is 4.28. The molecule has 0 aliphatic rings. The molecule has 1 nitrogen and oxygen atoms in total. The molecule has 1 atom stereocenters. The van der Waals surface area contributed by atoms with E-state index < -0.39 is 0 Å². The second-order valence-electron chi connectivity index (χ2n) is 3.75. The molecule has 2 aromatic rings. The van der Waals surface area contributed by atoms with E-state index in [0.717, 1.165) is 6.42 Å². The van der Waals surface area contributed by atoms with Gasteiger partial charge in [-0.1, -0.05) is 30.3 Å². The Morgan fingerprint density at radius 2 is 1.88 bits per heavy atom. The van der Waals surface area contributed by atoms with Gasteiger partial charge in [0.25, 0.3) is 0 Å². The summed E-state index contributed by atoms with van der Waals surface area (Å²) in [5.74, 6) is 0.423. The van der Waals surface area contributed by atoms with Crippen LogP contribution >= 0.6 is 27.3 Å². The van der Waals surface area contributed by atoms with Crippen LogP contribution in [-0.2, 0) is 6.42 Å². The van der Waals surface area contributed by atoms with E-state index in [1.165, 1.54) is 14.2 Å². The van der Waals surface area contributed by atoms with Gasteiger partial charge in [-0.3, -0.25) is 0 Å². The molecule has 2 N–H and O–H groups in total. The van der Waals surface area contributed by atoms with Crippen LogP contribution in [0.5, 0.6) is 0 Å². The van der Waals surface area contributed by atoms with Gasteiger partial charge in [-0.15, -0.1) is 11.3 Å². The first kappa shape index (κ1) is 11.8. The Hall–Kier alpha value is -0.640. The molecule has 0 amide bonds. The number of halogens is 1. The second kappa shape index (κ2) is 5.62. The van der Waals surface area contributed by atoms with E-state index in [4.69, 9.17) is 5.73 Å². The van der Waals surface area contributed by atoms with Gasteiger partial charge >= 0.3 is 0 Å². The Balaban J connectivity index is 2.12. The molecule has 1 aromatic heterocycles. The normalized spacial score (nSPS) is 12.6. The van der Waals surface area contributed by atoms with E-state index in [2.05, 4.69) is 52.3 Å². The Labute approximate surface area is 108 Å². The second-order valence-corrected chi connectivity index (χ2v) is 6.30. The molecule has 84 valence electrons. The van der Waals surface area contributed by atoms with Crippen molar-refractivity contribution in [1.29, 1.82) is 0 Å². The summed E-state index contributed by atoms with van der Waals surface area (Å²) in [7, 11) is 0. The first-order valence-electron chi connectivity index (χ1n) is 5.29. The van der Waals surface area contributed by atoms with Crippen LogP contribution in [0.3, 0.4) is 0 Å². The average molecular weight is 296 g/mol. The lowest BCUT2D eigenvalue weighted by molar-refractivity contribution is 0.701. The average Bonchev–Trinajstić information content (AvgIpc) is 2.73. The predicted molar refractivity (Wildman–Crippen MR) is 74.0 cm³/mol. The highest BCUT2D eigenvalue weighted by molar-refractivity contribution is 9.11. The van der Waals surface area contributed by atoms with Gasteiger partial charge in [-0.25, -0.2) is 0 Å². The summed E-state index contributed by atoms with van der Waals surface area (Å²) in [4.78, 5) is 1.38. The Morgan fingerprint density at radius 1 is 1.12 bits per heavy atom. The van der Waals surface area contributed by atoms with Crippen molar-refractivity contribution in [2.75, 3.05) is 6.54 Å². The summed E-state index contributed by atoms with van der Waals surface area (Å²) in [5, 5.41) is 0. The Kier molecular flexibility index (Phi) is 4.16. The van der Waals surface area contributed by atoms with Crippen LogP contribution in [0, 0.1) is 0 Å². The molecule has 3 heteroatoms. The summed E-state index contributed by atoms with van der Waals surface area (Å²) in [6.45, 7) is 0.694. The fourth-order valence-electron chi connectivity index (χ4n) is 1.77. The minimum absolute atomic E-state index is 0.423. The minimum Gasteiger partial charge on any atom is -0.330 e. The van der Waals surface area contributed by atoms with Crippen LogP contribution in [0.15, 0.2) is 46.3 Å². The molecule has 1 unspecified atom stereocenters. The smallest absolute Gasteiger partial charge is 0.0701 e. The SMILES string of the molecule is NCC(Cc1ccc(Br)s1)c1ccccc1. The van der Waals surface area contributed by atoms with E-state index in [9.17, 15) is 0 Å². The number of thiophene rings is 1. The fraction of sp³-hybridized carbons (Fsp3) is 0.231.